The zero-order chi connectivity index (χ0) is 18.1. The number of likely N-dealkylation sites (N-methyl/N-ethyl adjacent to an activating group) is 1. The first-order chi connectivity index (χ1) is 12.6. The molecule has 0 unspecified atom stereocenters. The fourth-order valence-electron chi connectivity index (χ4n) is 3.72. The van der Waals surface area contributed by atoms with Gasteiger partial charge in [-0.05, 0) is 18.7 Å². The first-order valence-electron chi connectivity index (χ1n) is 8.76. The number of hydrogen-bond donors (Lipinski definition) is 0. The number of nitrogens with zero attached hydrogens (tertiary/aromatic N) is 3. The zero-order valence-electron chi connectivity index (χ0n) is 16.5. The molecule has 0 radical (unpaired) electrons. The minimum absolute atomic E-state index is 0. The molecule has 166 valence electrons. The van der Waals surface area contributed by atoms with E-state index in [9.17, 15) is 10.1 Å². The molecule has 3 aliphatic rings. The molecule has 1 fully saturated rings. The molecule has 0 amide bonds. The van der Waals surface area contributed by atoms with Crippen molar-refractivity contribution >= 4 is 30.5 Å². The van der Waals surface area contributed by atoms with Crippen molar-refractivity contribution in [2.45, 2.75) is 6.54 Å². The molecule has 4 N–H and O–H groups in total. The van der Waals surface area contributed by atoms with E-state index in [2.05, 4.69) is 16.8 Å². The molecular formula is C20H27Cl2N3O5. The first-order valence-corrected chi connectivity index (χ1v) is 8.76. The van der Waals surface area contributed by atoms with Crippen molar-refractivity contribution in [2.75, 3.05) is 33.2 Å². The summed E-state index contributed by atoms with van der Waals surface area (Å²) in [4.78, 5) is 16.4. The molecule has 2 heterocycles. The Labute approximate surface area is 187 Å². The Kier molecular flexibility index (Phi) is 11.0. The van der Waals surface area contributed by atoms with E-state index in [0.717, 1.165) is 48.4 Å². The van der Waals surface area contributed by atoms with Crippen LogP contribution in [0.25, 0.3) is 22.3 Å². The van der Waals surface area contributed by atoms with Crippen LogP contribution in [0.2, 0.25) is 0 Å². The Balaban J connectivity index is 0.00000210. The minimum Gasteiger partial charge on any atom is -0.472 e. The molecule has 0 saturated carbocycles. The summed E-state index contributed by atoms with van der Waals surface area (Å²) < 4.78 is 5.36. The Bertz CT molecular complexity index is 899. The summed E-state index contributed by atoms with van der Waals surface area (Å²) in [5, 5.41) is 12.0. The fraction of sp³-hybridized carbons (Fsp3) is 0.300. The van der Waals surface area contributed by atoms with E-state index in [1.807, 2.05) is 36.4 Å². The van der Waals surface area contributed by atoms with E-state index in [1.54, 1.807) is 12.5 Å². The normalized spacial score (nSPS) is 14.0. The van der Waals surface area contributed by atoms with E-state index in [4.69, 9.17) is 4.42 Å². The average Bonchev–Trinajstić information content (AvgIpc) is 2.99. The number of benzene rings is 1. The lowest BCUT2D eigenvalue weighted by atomic mass is 10.0. The minimum atomic E-state index is -0.242. The maximum absolute atomic E-state index is 12.0. The van der Waals surface area contributed by atoms with E-state index >= 15 is 0 Å². The van der Waals surface area contributed by atoms with Gasteiger partial charge in [-0.15, -0.1) is 24.8 Å². The van der Waals surface area contributed by atoms with Crippen molar-refractivity contribution in [1.29, 1.82) is 0 Å². The summed E-state index contributed by atoms with van der Waals surface area (Å²) in [6.45, 7) is 4.37. The van der Waals surface area contributed by atoms with Gasteiger partial charge in [0.2, 0.25) is 0 Å². The maximum atomic E-state index is 12.0. The molecular weight excluding hydrogens is 433 g/mol. The standard InChI is InChI=1S/C20H21N3O3.2ClH.2H2O/c1-21-8-10-22(11-9-21)13-17-16-7-12-26-14-18(16)19(20(17)23(24)25)15-5-3-2-4-6-15;;;;/h2-7,12,14H,8-11,13H2,1H3;2*1H;2*1H2. The van der Waals surface area contributed by atoms with Gasteiger partial charge in [0.1, 0.15) is 0 Å². The van der Waals surface area contributed by atoms with Gasteiger partial charge in [-0.2, -0.15) is 0 Å². The predicted octanol–water partition coefficient (Wildman–Crippen LogP) is 2.90. The summed E-state index contributed by atoms with van der Waals surface area (Å²) in [6, 6.07) is 11.4. The van der Waals surface area contributed by atoms with Gasteiger partial charge in [-0.1, -0.05) is 30.3 Å². The second-order valence-electron chi connectivity index (χ2n) is 6.79. The summed E-state index contributed by atoms with van der Waals surface area (Å²) in [6.07, 6.45) is 3.21. The Morgan fingerprint density at radius 2 is 1.63 bits per heavy atom. The largest absolute Gasteiger partial charge is 0.472 e. The molecule has 1 aliphatic carbocycles. The first kappa shape index (κ1) is 27.8. The van der Waals surface area contributed by atoms with Crippen LogP contribution in [0.1, 0.15) is 5.56 Å². The van der Waals surface area contributed by atoms with Crippen LogP contribution in [-0.4, -0.2) is 58.9 Å². The van der Waals surface area contributed by atoms with Gasteiger partial charge < -0.3 is 20.3 Å². The fourth-order valence-corrected chi connectivity index (χ4v) is 3.72. The van der Waals surface area contributed by atoms with E-state index in [0.29, 0.717) is 12.1 Å². The molecule has 0 spiro atoms. The van der Waals surface area contributed by atoms with Crippen molar-refractivity contribution < 1.29 is 20.3 Å². The smallest absolute Gasteiger partial charge is 0.283 e. The summed E-state index contributed by atoms with van der Waals surface area (Å²) in [5.74, 6) is 0. The van der Waals surface area contributed by atoms with Gasteiger partial charge >= 0.3 is 0 Å². The molecule has 2 aliphatic heterocycles. The van der Waals surface area contributed by atoms with E-state index in [1.165, 1.54) is 0 Å². The van der Waals surface area contributed by atoms with Crippen molar-refractivity contribution in [3.8, 4) is 22.3 Å². The Morgan fingerprint density at radius 3 is 2.23 bits per heavy atom. The third-order valence-electron chi connectivity index (χ3n) is 5.13. The molecule has 1 aromatic rings. The van der Waals surface area contributed by atoms with Crippen LogP contribution < -0.4 is 0 Å². The molecule has 1 saturated heterocycles. The van der Waals surface area contributed by atoms with Crippen LogP contribution in [-0.2, 0) is 6.54 Å². The van der Waals surface area contributed by atoms with Crippen molar-refractivity contribution in [3.05, 3.63) is 64.6 Å². The van der Waals surface area contributed by atoms with Crippen LogP contribution in [0.3, 0.4) is 0 Å². The summed E-state index contributed by atoms with van der Waals surface area (Å²) in [7, 11) is 2.10. The SMILES string of the molecule is CN1CCN(Cc2c3ccocc-3c(-c3ccccc3)c2[N+](=O)[O-])CC1.Cl.Cl.O.O. The molecule has 0 atom stereocenters. The second-order valence-corrected chi connectivity index (χ2v) is 6.79. The highest BCUT2D eigenvalue weighted by Gasteiger charge is 2.33. The highest BCUT2D eigenvalue weighted by molar-refractivity contribution is 5.96. The van der Waals surface area contributed by atoms with Crippen LogP contribution in [0.15, 0.2) is 53.3 Å². The van der Waals surface area contributed by atoms with Gasteiger partial charge in [0.05, 0.1) is 28.6 Å². The van der Waals surface area contributed by atoms with Gasteiger partial charge in [0, 0.05) is 43.9 Å². The number of piperazine rings is 1. The van der Waals surface area contributed by atoms with Gasteiger partial charge in [-0.3, -0.25) is 15.0 Å². The van der Waals surface area contributed by atoms with Crippen molar-refractivity contribution in [2.24, 2.45) is 0 Å². The molecule has 10 heteroatoms. The molecule has 0 bridgehead atoms. The number of rotatable bonds is 4. The van der Waals surface area contributed by atoms with Crippen molar-refractivity contribution in [1.82, 2.24) is 9.80 Å². The highest BCUT2D eigenvalue weighted by atomic mass is 35.5. The Hall–Kier alpha value is -2.20. The lowest BCUT2D eigenvalue weighted by Crippen LogP contribution is -2.43. The van der Waals surface area contributed by atoms with Gasteiger partial charge in [0.25, 0.3) is 5.69 Å². The number of hydrogen-bond acceptors (Lipinski definition) is 5. The highest BCUT2D eigenvalue weighted by Crippen LogP contribution is 2.48. The third kappa shape index (κ3) is 5.28. The molecule has 0 aromatic heterocycles. The quantitative estimate of drug-likeness (QED) is 0.437. The number of halogens is 2. The lowest BCUT2D eigenvalue weighted by molar-refractivity contribution is -0.384. The second kappa shape index (κ2) is 11.8. The lowest BCUT2D eigenvalue weighted by Gasteiger charge is -2.32. The molecule has 1 aromatic carbocycles. The Morgan fingerprint density at radius 1 is 1.00 bits per heavy atom. The molecule has 8 nitrogen and oxygen atoms in total. The van der Waals surface area contributed by atoms with Crippen LogP contribution in [0, 0.1) is 10.1 Å². The van der Waals surface area contributed by atoms with Crippen LogP contribution in [0.4, 0.5) is 5.69 Å². The molecule has 4 rings (SSSR count). The van der Waals surface area contributed by atoms with E-state index < -0.39 is 0 Å². The van der Waals surface area contributed by atoms with Crippen LogP contribution in [0.5, 0.6) is 0 Å². The summed E-state index contributed by atoms with van der Waals surface area (Å²) >= 11 is 0. The number of fused-ring (bicyclic) bond motifs is 1. The average molecular weight is 460 g/mol. The predicted molar refractivity (Wildman–Crippen MR) is 122 cm³/mol. The third-order valence-corrected chi connectivity index (χ3v) is 5.13. The maximum Gasteiger partial charge on any atom is 0.283 e. The number of nitro groups is 1. The zero-order valence-corrected chi connectivity index (χ0v) is 18.2. The molecule has 30 heavy (non-hydrogen) atoms. The van der Waals surface area contributed by atoms with E-state index in [-0.39, 0.29) is 46.4 Å². The van der Waals surface area contributed by atoms with Gasteiger partial charge in [-0.25, -0.2) is 0 Å². The van der Waals surface area contributed by atoms with Gasteiger partial charge in [0.15, 0.2) is 0 Å². The van der Waals surface area contributed by atoms with Crippen LogP contribution >= 0.6 is 24.8 Å². The topological polar surface area (TPSA) is 126 Å². The summed E-state index contributed by atoms with van der Waals surface area (Å²) in [5.41, 5.74) is 4.18. The van der Waals surface area contributed by atoms with Crippen molar-refractivity contribution in [3.63, 3.8) is 0 Å². The monoisotopic (exact) mass is 459 g/mol.